The first-order valence-corrected chi connectivity index (χ1v) is 8.11. The molecule has 24 heavy (non-hydrogen) atoms. The van der Waals surface area contributed by atoms with Gasteiger partial charge in [0.15, 0.2) is 6.54 Å². The predicted molar refractivity (Wildman–Crippen MR) is 90.4 cm³/mol. The lowest BCUT2D eigenvalue weighted by molar-refractivity contribution is -0.909. The molecule has 0 aliphatic rings. The van der Waals surface area contributed by atoms with Gasteiger partial charge in [0, 0.05) is 10.6 Å². The molecule has 0 spiro atoms. The fourth-order valence-corrected chi connectivity index (χ4v) is 2.72. The van der Waals surface area contributed by atoms with E-state index in [-0.39, 0.29) is 5.82 Å². The van der Waals surface area contributed by atoms with E-state index >= 15 is 0 Å². The van der Waals surface area contributed by atoms with Crippen LogP contribution < -0.4 is 4.90 Å². The molecule has 1 unspecified atom stereocenters. The minimum Gasteiger partial charge on any atom is -0.333 e. The molecule has 1 N–H and O–H groups in total. The molecule has 1 aromatic heterocycles. The van der Waals surface area contributed by atoms with E-state index in [1.54, 1.807) is 24.3 Å². The second-order valence-electron chi connectivity index (χ2n) is 5.53. The van der Waals surface area contributed by atoms with Crippen molar-refractivity contribution in [3.8, 4) is 11.4 Å². The number of benzene rings is 2. The van der Waals surface area contributed by atoms with Crippen molar-refractivity contribution in [3.05, 3.63) is 69.8 Å². The molecule has 4 nitrogen and oxygen atoms in total. The lowest BCUT2D eigenvalue weighted by Gasteiger charge is -2.13. The van der Waals surface area contributed by atoms with Crippen LogP contribution in [0.25, 0.3) is 11.4 Å². The Morgan fingerprint density at radius 1 is 1.08 bits per heavy atom. The molecule has 0 saturated heterocycles. The Bertz CT molecular complexity index is 816. The summed E-state index contributed by atoms with van der Waals surface area (Å²) in [4.78, 5) is 5.35. The van der Waals surface area contributed by atoms with Gasteiger partial charge in [0.25, 0.3) is 5.89 Å². The summed E-state index contributed by atoms with van der Waals surface area (Å²) >= 11 is 11.9. The van der Waals surface area contributed by atoms with E-state index < -0.39 is 0 Å². The summed E-state index contributed by atoms with van der Waals surface area (Å²) in [5.74, 6) is 0.664. The van der Waals surface area contributed by atoms with Crippen molar-refractivity contribution in [1.29, 1.82) is 0 Å². The first-order valence-electron chi connectivity index (χ1n) is 7.35. The van der Waals surface area contributed by atoms with Gasteiger partial charge in [-0.1, -0.05) is 34.4 Å². The minimum absolute atomic E-state index is 0.311. The zero-order valence-corrected chi connectivity index (χ0v) is 14.4. The predicted octanol–water partition coefficient (Wildman–Crippen LogP) is 3.40. The minimum atomic E-state index is -0.311. The van der Waals surface area contributed by atoms with Crippen LogP contribution in [0.3, 0.4) is 0 Å². The van der Waals surface area contributed by atoms with Gasteiger partial charge in [-0.15, -0.1) is 0 Å². The van der Waals surface area contributed by atoms with Crippen molar-refractivity contribution in [2.24, 2.45) is 0 Å². The number of hydrogen-bond donors (Lipinski definition) is 1. The van der Waals surface area contributed by atoms with Gasteiger partial charge in [0.1, 0.15) is 12.4 Å². The molecule has 1 heterocycles. The first kappa shape index (κ1) is 16.9. The van der Waals surface area contributed by atoms with Crippen LogP contribution in [0.5, 0.6) is 0 Å². The van der Waals surface area contributed by atoms with Gasteiger partial charge in [0.2, 0.25) is 5.82 Å². The molecule has 0 aliphatic carbocycles. The van der Waals surface area contributed by atoms with Crippen LogP contribution in [-0.2, 0) is 13.1 Å². The topological polar surface area (TPSA) is 43.4 Å². The highest BCUT2D eigenvalue weighted by Crippen LogP contribution is 2.19. The Morgan fingerprint density at radius 2 is 1.83 bits per heavy atom. The third-order valence-electron chi connectivity index (χ3n) is 3.56. The Hall–Kier alpha value is -1.95. The average molecular weight is 367 g/mol. The van der Waals surface area contributed by atoms with Crippen LogP contribution in [-0.4, -0.2) is 17.2 Å². The third kappa shape index (κ3) is 3.93. The van der Waals surface area contributed by atoms with E-state index in [0.29, 0.717) is 40.4 Å². The number of hydrogen-bond acceptors (Lipinski definition) is 3. The van der Waals surface area contributed by atoms with Crippen LogP contribution in [0.15, 0.2) is 47.0 Å². The van der Waals surface area contributed by atoms with E-state index in [2.05, 4.69) is 10.1 Å². The molecule has 0 radical (unpaired) electrons. The maximum absolute atomic E-state index is 13.8. The average Bonchev–Trinajstić information content (AvgIpc) is 3.00. The largest absolute Gasteiger partial charge is 0.333 e. The fraction of sp³-hybridized carbons (Fsp3) is 0.176. The van der Waals surface area contributed by atoms with Crippen LogP contribution >= 0.6 is 23.2 Å². The summed E-state index contributed by atoms with van der Waals surface area (Å²) in [6, 6.07) is 11.9. The number of nitrogens with one attached hydrogen (secondary N) is 1. The fourth-order valence-electron chi connectivity index (χ4n) is 2.37. The highest BCUT2D eigenvalue weighted by Gasteiger charge is 2.16. The quantitative estimate of drug-likeness (QED) is 0.752. The van der Waals surface area contributed by atoms with Crippen LogP contribution in [0.2, 0.25) is 10.0 Å². The van der Waals surface area contributed by atoms with E-state index in [0.717, 1.165) is 10.5 Å². The summed E-state index contributed by atoms with van der Waals surface area (Å²) in [6.07, 6.45) is 0. The maximum Gasteiger partial charge on any atom is 0.282 e. The second kappa shape index (κ2) is 7.30. The molecule has 7 heteroatoms. The van der Waals surface area contributed by atoms with Gasteiger partial charge in [0.05, 0.1) is 17.6 Å². The van der Waals surface area contributed by atoms with E-state index in [1.807, 2.05) is 19.2 Å². The monoisotopic (exact) mass is 366 g/mol. The normalized spacial score (nSPS) is 12.3. The molecule has 0 saturated carbocycles. The maximum atomic E-state index is 13.8. The van der Waals surface area contributed by atoms with E-state index in [1.165, 1.54) is 6.07 Å². The number of halogens is 3. The summed E-state index contributed by atoms with van der Waals surface area (Å²) in [5.41, 5.74) is 1.30. The molecule has 2 aromatic carbocycles. The molecule has 1 atom stereocenters. The zero-order valence-electron chi connectivity index (χ0n) is 12.9. The zero-order chi connectivity index (χ0) is 17.1. The highest BCUT2D eigenvalue weighted by atomic mass is 35.5. The van der Waals surface area contributed by atoms with Crippen molar-refractivity contribution >= 4 is 23.2 Å². The molecule has 0 amide bonds. The number of rotatable bonds is 5. The van der Waals surface area contributed by atoms with Gasteiger partial charge in [-0.2, -0.15) is 4.98 Å². The molecule has 0 aliphatic heterocycles. The molecule has 3 aromatic rings. The van der Waals surface area contributed by atoms with Gasteiger partial charge < -0.3 is 9.42 Å². The van der Waals surface area contributed by atoms with Gasteiger partial charge in [-0.3, -0.25) is 0 Å². The summed E-state index contributed by atoms with van der Waals surface area (Å²) in [7, 11) is 1.91. The molecule has 3 rings (SSSR count). The SMILES string of the molecule is C[NH+](Cc1nc(-c2ccc(Cl)cc2)no1)Cc1c(F)cccc1Cl. The lowest BCUT2D eigenvalue weighted by atomic mass is 10.2. The highest BCUT2D eigenvalue weighted by molar-refractivity contribution is 6.31. The molecule has 0 fully saturated rings. The number of aromatic nitrogens is 2. The Morgan fingerprint density at radius 3 is 2.54 bits per heavy atom. The Labute approximate surface area is 148 Å². The van der Waals surface area contributed by atoms with Crippen LogP contribution in [0, 0.1) is 5.82 Å². The number of quaternary nitrogens is 1. The Kier molecular flexibility index (Phi) is 5.14. The number of nitrogens with zero attached hydrogens (tertiary/aromatic N) is 2. The Balaban J connectivity index is 1.69. The van der Waals surface area contributed by atoms with E-state index in [9.17, 15) is 4.39 Å². The second-order valence-corrected chi connectivity index (χ2v) is 6.37. The smallest absolute Gasteiger partial charge is 0.282 e. The van der Waals surface area contributed by atoms with Crippen molar-refractivity contribution in [2.75, 3.05) is 7.05 Å². The molecule has 0 bridgehead atoms. The van der Waals surface area contributed by atoms with Crippen molar-refractivity contribution < 1.29 is 13.8 Å². The summed E-state index contributed by atoms with van der Waals surface area (Å²) < 4.78 is 19.1. The van der Waals surface area contributed by atoms with Crippen molar-refractivity contribution in [1.82, 2.24) is 10.1 Å². The molecule has 124 valence electrons. The molecular formula is C17H15Cl2FN3O+. The van der Waals surface area contributed by atoms with Gasteiger partial charge >= 0.3 is 0 Å². The summed E-state index contributed by atoms with van der Waals surface area (Å²) in [6.45, 7) is 0.884. The first-order chi connectivity index (χ1) is 11.5. The van der Waals surface area contributed by atoms with Gasteiger partial charge in [-0.05, 0) is 36.4 Å². The summed E-state index contributed by atoms with van der Waals surface area (Å²) in [5, 5.41) is 5.03. The van der Waals surface area contributed by atoms with Gasteiger partial charge in [-0.25, -0.2) is 4.39 Å². The van der Waals surface area contributed by atoms with Crippen LogP contribution in [0.1, 0.15) is 11.5 Å². The van der Waals surface area contributed by atoms with Crippen LogP contribution in [0.4, 0.5) is 4.39 Å². The lowest BCUT2D eigenvalue weighted by Crippen LogP contribution is -3.06. The third-order valence-corrected chi connectivity index (χ3v) is 4.17. The molecular weight excluding hydrogens is 352 g/mol. The standard InChI is InChI=1S/C17H14Cl2FN3O/c1-23(9-13-14(19)3-2-4-15(13)20)10-16-21-17(22-24-16)11-5-7-12(18)8-6-11/h2-8H,9-10H2,1H3/p+1. The van der Waals surface area contributed by atoms with Crippen molar-refractivity contribution in [2.45, 2.75) is 13.1 Å². The van der Waals surface area contributed by atoms with Crippen molar-refractivity contribution in [3.63, 3.8) is 0 Å². The van der Waals surface area contributed by atoms with E-state index in [4.69, 9.17) is 27.7 Å².